The van der Waals surface area contributed by atoms with Crippen LogP contribution in [0.5, 0.6) is 0 Å². The maximum atomic E-state index is 13.8. The van der Waals surface area contributed by atoms with Crippen LogP contribution in [0.1, 0.15) is 51.4 Å². The van der Waals surface area contributed by atoms with Crippen LogP contribution >= 0.6 is 0 Å². The van der Waals surface area contributed by atoms with Crippen molar-refractivity contribution in [2.45, 2.75) is 69.5 Å². The maximum absolute atomic E-state index is 13.8. The summed E-state index contributed by atoms with van der Waals surface area (Å²) in [6, 6.07) is 5.78. The van der Waals surface area contributed by atoms with Gasteiger partial charge in [0.1, 0.15) is 12.7 Å². The number of amides is 3. The molecule has 40 heavy (non-hydrogen) atoms. The number of hydrogen-bond acceptors (Lipinski definition) is 7. The monoisotopic (exact) mass is 556 g/mol. The number of hydrogen-bond donors (Lipinski definition) is 4. The van der Waals surface area contributed by atoms with Crippen molar-refractivity contribution >= 4 is 23.6 Å². The van der Waals surface area contributed by atoms with E-state index in [1.54, 1.807) is 17.0 Å². The van der Waals surface area contributed by atoms with E-state index < -0.39 is 24.9 Å². The van der Waals surface area contributed by atoms with E-state index in [-0.39, 0.29) is 29.7 Å². The Balaban J connectivity index is 1.28. The second kappa shape index (κ2) is 12.7. The number of aromatic amines is 1. The number of halogens is 1. The van der Waals surface area contributed by atoms with Gasteiger partial charge in [0.05, 0.1) is 6.04 Å². The largest absolute Gasteiger partial charge is 0.465 e. The molecule has 4 N–H and O–H groups in total. The van der Waals surface area contributed by atoms with Crippen molar-refractivity contribution in [3.8, 4) is 11.4 Å². The van der Waals surface area contributed by atoms with E-state index >= 15 is 0 Å². The molecule has 216 valence electrons. The molecule has 3 aliphatic rings. The third-order valence-corrected chi connectivity index (χ3v) is 8.70. The van der Waals surface area contributed by atoms with Crippen molar-refractivity contribution in [1.82, 2.24) is 35.7 Å². The molecule has 1 aromatic carbocycles. The molecular formula is C27H37FN8O4. The first-order chi connectivity index (χ1) is 19.4. The van der Waals surface area contributed by atoms with Crippen molar-refractivity contribution in [3.05, 3.63) is 24.3 Å². The number of H-pyrrole nitrogens is 1. The lowest BCUT2D eigenvalue weighted by atomic mass is 9.78. The van der Waals surface area contributed by atoms with Crippen LogP contribution in [-0.2, 0) is 9.59 Å². The fraction of sp³-hybridized carbons (Fsp3) is 0.630. The highest BCUT2D eigenvalue weighted by Gasteiger charge is 2.46. The molecule has 0 unspecified atom stereocenters. The Hall–Kier alpha value is -3.61. The first kappa shape index (κ1) is 27.9. The summed E-state index contributed by atoms with van der Waals surface area (Å²) < 4.78 is 13.5. The van der Waals surface area contributed by atoms with Gasteiger partial charge in [0, 0.05) is 29.8 Å². The number of nitrogens with zero attached hydrogens (tertiary/aromatic N) is 5. The summed E-state index contributed by atoms with van der Waals surface area (Å²) in [5, 5.41) is 28.3. The van der Waals surface area contributed by atoms with Crippen molar-refractivity contribution in [2.75, 3.05) is 31.6 Å². The minimum atomic E-state index is -1.24. The van der Waals surface area contributed by atoms with Crippen LogP contribution in [-0.4, -0.2) is 97.9 Å². The first-order valence-corrected chi connectivity index (χ1v) is 14.2. The standard InChI is InChI=1S/C27H37FN8O4/c28-16-21(30-27(39)40)17-4-6-19(7-5-17)26(38)36-15-12-22(35-13-2-1-3-14-35)23(36)25(37)29-20-10-8-18(9-11-20)24-31-33-34-32-24/h8-11,17,19,21-23,30H,1-7,12-16H2,(H,29,37)(H,39,40)(H,31,32,33,34)/t17?,19?,21-,22-,23+/m1/s1. The van der Waals surface area contributed by atoms with Crippen LogP contribution in [0.3, 0.4) is 0 Å². The number of carboxylic acid groups (broad SMARTS) is 1. The number of aromatic nitrogens is 4. The van der Waals surface area contributed by atoms with Gasteiger partial charge >= 0.3 is 6.09 Å². The molecule has 2 aliphatic heterocycles. The van der Waals surface area contributed by atoms with Gasteiger partial charge < -0.3 is 20.6 Å². The van der Waals surface area contributed by atoms with Gasteiger partial charge in [-0.25, -0.2) is 9.18 Å². The van der Waals surface area contributed by atoms with E-state index in [0.29, 0.717) is 43.7 Å². The van der Waals surface area contributed by atoms with Crippen LogP contribution in [0.4, 0.5) is 14.9 Å². The van der Waals surface area contributed by atoms with Crippen LogP contribution in [0, 0.1) is 11.8 Å². The van der Waals surface area contributed by atoms with Gasteiger partial charge in [-0.2, -0.15) is 5.21 Å². The summed E-state index contributed by atoms with van der Waals surface area (Å²) >= 11 is 0. The molecule has 5 rings (SSSR count). The molecule has 3 amide bonds. The van der Waals surface area contributed by atoms with Gasteiger partial charge in [-0.3, -0.25) is 14.5 Å². The Morgan fingerprint density at radius 3 is 2.38 bits per heavy atom. The molecule has 0 spiro atoms. The Morgan fingerprint density at radius 1 is 1.02 bits per heavy atom. The minimum absolute atomic E-state index is 0.0337. The molecule has 1 aromatic heterocycles. The molecule has 3 fully saturated rings. The van der Waals surface area contributed by atoms with E-state index in [1.807, 2.05) is 12.1 Å². The third kappa shape index (κ3) is 6.24. The summed E-state index contributed by atoms with van der Waals surface area (Å²) in [4.78, 5) is 42.8. The summed E-state index contributed by atoms with van der Waals surface area (Å²) in [6.07, 6.45) is 5.09. The lowest BCUT2D eigenvalue weighted by Gasteiger charge is -2.38. The van der Waals surface area contributed by atoms with E-state index in [9.17, 15) is 18.8 Å². The van der Waals surface area contributed by atoms with Gasteiger partial charge in [0.2, 0.25) is 17.6 Å². The summed E-state index contributed by atoms with van der Waals surface area (Å²) in [6.45, 7) is 1.59. The highest BCUT2D eigenvalue weighted by Crippen LogP contribution is 2.35. The normalized spacial score (nSPS) is 26.3. The van der Waals surface area contributed by atoms with Crippen LogP contribution < -0.4 is 10.6 Å². The van der Waals surface area contributed by atoms with Crippen LogP contribution in [0.25, 0.3) is 11.4 Å². The van der Waals surface area contributed by atoms with Crippen LogP contribution in [0.2, 0.25) is 0 Å². The van der Waals surface area contributed by atoms with Crippen molar-refractivity contribution in [1.29, 1.82) is 0 Å². The van der Waals surface area contributed by atoms with E-state index in [0.717, 1.165) is 37.9 Å². The Bertz CT molecular complexity index is 1150. The van der Waals surface area contributed by atoms with E-state index in [1.165, 1.54) is 6.42 Å². The second-order valence-electron chi connectivity index (χ2n) is 11.1. The fourth-order valence-corrected chi connectivity index (χ4v) is 6.62. The maximum Gasteiger partial charge on any atom is 0.404 e. The molecule has 2 saturated heterocycles. The lowest BCUT2D eigenvalue weighted by Crippen LogP contribution is -2.55. The number of alkyl halides is 1. The lowest BCUT2D eigenvalue weighted by molar-refractivity contribution is -0.142. The second-order valence-corrected chi connectivity index (χ2v) is 11.1. The molecular weight excluding hydrogens is 519 g/mol. The average Bonchev–Trinajstić information content (AvgIpc) is 3.68. The van der Waals surface area contributed by atoms with Gasteiger partial charge in [-0.15, -0.1) is 10.2 Å². The first-order valence-electron chi connectivity index (χ1n) is 14.2. The molecule has 13 heteroatoms. The number of carbonyl (C=O) groups is 3. The smallest absolute Gasteiger partial charge is 0.404 e. The predicted molar refractivity (Wildman–Crippen MR) is 144 cm³/mol. The van der Waals surface area contributed by atoms with E-state index in [2.05, 4.69) is 36.2 Å². The quantitative estimate of drug-likeness (QED) is 0.387. The molecule has 1 aliphatic carbocycles. The van der Waals surface area contributed by atoms with Gasteiger partial charge in [-0.05, 0) is 93.4 Å². The van der Waals surface area contributed by atoms with Crippen LogP contribution in [0.15, 0.2) is 24.3 Å². The molecule has 0 bridgehead atoms. The molecule has 2 aromatic rings. The van der Waals surface area contributed by atoms with Crippen molar-refractivity contribution < 1.29 is 23.9 Å². The number of likely N-dealkylation sites (tertiary alicyclic amines) is 2. The highest BCUT2D eigenvalue weighted by molar-refractivity contribution is 5.98. The zero-order valence-corrected chi connectivity index (χ0v) is 22.5. The molecule has 1 saturated carbocycles. The number of nitrogens with one attached hydrogen (secondary N) is 3. The Morgan fingerprint density at radius 2 is 1.75 bits per heavy atom. The van der Waals surface area contributed by atoms with Gasteiger partial charge in [-0.1, -0.05) is 6.42 Å². The molecule has 0 radical (unpaired) electrons. The number of anilines is 1. The predicted octanol–water partition coefficient (Wildman–Crippen LogP) is 2.67. The highest BCUT2D eigenvalue weighted by atomic mass is 19.1. The van der Waals surface area contributed by atoms with E-state index in [4.69, 9.17) is 5.11 Å². The summed E-state index contributed by atoms with van der Waals surface area (Å²) in [7, 11) is 0. The zero-order valence-electron chi connectivity index (χ0n) is 22.5. The van der Waals surface area contributed by atoms with Crippen molar-refractivity contribution in [3.63, 3.8) is 0 Å². The number of benzene rings is 1. The SMILES string of the molecule is O=C(O)N[C@H](CF)C1CCC(C(=O)N2CC[C@@H](N3CCCCC3)[C@H]2C(=O)Nc2ccc(-c3nn[nH]n3)cc2)CC1. The number of tetrazole rings is 1. The molecule has 3 atom stereocenters. The minimum Gasteiger partial charge on any atom is -0.465 e. The molecule has 3 heterocycles. The number of carbonyl (C=O) groups excluding carboxylic acids is 2. The average molecular weight is 557 g/mol. The fourth-order valence-electron chi connectivity index (χ4n) is 6.62. The van der Waals surface area contributed by atoms with Gasteiger partial charge in [0.25, 0.3) is 0 Å². The summed E-state index contributed by atoms with van der Waals surface area (Å²) in [5.41, 5.74) is 1.39. The third-order valence-electron chi connectivity index (χ3n) is 8.70. The summed E-state index contributed by atoms with van der Waals surface area (Å²) in [5.74, 6) is -0.175. The number of piperidine rings is 1. The Labute approximate surface area is 232 Å². The number of rotatable bonds is 8. The zero-order chi connectivity index (χ0) is 28.1. The van der Waals surface area contributed by atoms with Crippen molar-refractivity contribution in [2.24, 2.45) is 11.8 Å². The van der Waals surface area contributed by atoms with Gasteiger partial charge in [0.15, 0.2) is 0 Å². The topological polar surface area (TPSA) is 156 Å². The molecule has 12 nitrogen and oxygen atoms in total. The Kier molecular flexibility index (Phi) is 8.88.